The molecule has 1 rings (SSSR count). The predicted octanol–water partition coefficient (Wildman–Crippen LogP) is 2.21. The number of pyridine rings is 1. The molecule has 1 N–H and O–H groups in total. The molecule has 0 amide bonds. The normalized spacial score (nSPS) is 12.8. The van der Waals surface area contributed by atoms with Gasteiger partial charge in [-0.1, -0.05) is 0 Å². The van der Waals surface area contributed by atoms with E-state index in [2.05, 4.69) is 10.3 Å². The molecule has 1 aromatic rings. The van der Waals surface area contributed by atoms with Gasteiger partial charge in [-0.05, 0) is 26.0 Å². The van der Waals surface area contributed by atoms with Crippen LogP contribution in [0.15, 0.2) is 12.1 Å². The zero-order chi connectivity index (χ0) is 16.5. The quantitative estimate of drug-likeness (QED) is 0.919. The molecule has 0 atom stereocenters. The van der Waals surface area contributed by atoms with Gasteiger partial charge in [-0.3, -0.25) is 0 Å². The van der Waals surface area contributed by atoms with Crippen LogP contribution in [0.3, 0.4) is 0 Å². The Bertz CT molecular complexity index is 676. The molecule has 0 aromatic carbocycles. The van der Waals surface area contributed by atoms with E-state index in [0.717, 1.165) is 12.3 Å². The molecule has 21 heavy (non-hydrogen) atoms. The lowest BCUT2D eigenvalue weighted by Crippen LogP contribution is -2.38. The standard InChI is InChI=1S/C12H14F3N3O2S/c1-11(2,21(3,19)20)7-17-10-8(6-16)4-5-9(18-10)12(13,14)15/h4-5H,7H2,1-3H3,(H,17,18). The van der Waals surface area contributed by atoms with Crippen LogP contribution in [-0.4, -0.2) is 30.9 Å². The Morgan fingerprint density at radius 3 is 2.33 bits per heavy atom. The predicted molar refractivity (Wildman–Crippen MR) is 71.4 cm³/mol. The highest BCUT2D eigenvalue weighted by molar-refractivity contribution is 7.92. The first-order valence-electron chi connectivity index (χ1n) is 5.80. The highest BCUT2D eigenvalue weighted by Gasteiger charge is 2.34. The van der Waals surface area contributed by atoms with Crippen LogP contribution >= 0.6 is 0 Å². The van der Waals surface area contributed by atoms with Crippen LogP contribution in [0, 0.1) is 11.3 Å². The Morgan fingerprint density at radius 2 is 1.90 bits per heavy atom. The summed E-state index contributed by atoms with van der Waals surface area (Å²) in [5.41, 5.74) is -1.24. The number of hydrogen-bond donors (Lipinski definition) is 1. The summed E-state index contributed by atoms with van der Waals surface area (Å²) in [5, 5.41) is 11.4. The second-order valence-corrected chi connectivity index (χ2v) is 7.74. The van der Waals surface area contributed by atoms with Gasteiger partial charge < -0.3 is 5.32 Å². The van der Waals surface area contributed by atoms with E-state index in [1.54, 1.807) is 6.07 Å². The van der Waals surface area contributed by atoms with Crippen LogP contribution in [0.5, 0.6) is 0 Å². The summed E-state index contributed by atoms with van der Waals surface area (Å²) in [4.78, 5) is 3.35. The van der Waals surface area contributed by atoms with Gasteiger partial charge in [0.25, 0.3) is 0 Å². The number of nitrogens with zero attached hydrogens (tertiary/aromatic N) is 2. The largest absolute Gasteiger partial charge is 0.433 e. The maximum Gasteiger partial charge on any atom is 0.433 e. The number of aromatic nitrogens is 1. The number of rotatable bonds is 4. The van der Waals surface area contributed by atoms with Gasteiger partial charge in [-0.25, -0.2) is 13.4 Å². The molecule has 9 heteroatoms. The monoisotopic (exact) mass is 321 g/mol. The van der Waals surface area contributed by atoms with Crippen molar-refractivity contribution in [2.75, 3.05) is 18.1 Å². The first-order valence-corrected chi connectivity index (χ1v) is 7.69. The highest BCUT2D eigenvalue weighted by atomic mass is 32.2. The fraction of sp³-hybridized carbons (Fsp3) is 0.500. The van der Waals surface area contributed by atoms with Crippen LogP contribution in [0.4, 0.5) is 19.0 Å². The van der Waals surface area contributed by atoms with Crippen LogP contribution in [-0.2, 0) is 16.0 Å². The second kappa shape index (κ2) is 5.52. The zero-order valence-corrected chi connectivity index (χ0v) is 12.4. The van der Waals surface area contributed by atoms with Crippen molar-refractivity contribution in [3.63, 3.8) is 0 Å². The summed E-state index contributed by atoms with van der Waals surface area (Å²) in [5.74, 6) is -0.288. The van der Waals surface area contributed by atoms with E-state index in [0.29, 0.717) is 6.07 Å². The average Bonchev–Trinajstić information content (AvgIpc) is 2.33. The molecule has 0 saturated heterocycles. The fourth-order valence-electron chi connectivity index (χ4n) is 1.27. The van der Waals surface area contributed by atoms with E-state index in [1.807, 2.05) is 0 Å². The van der Waals surface area contributed by atoms with Crippen LogP contribution in [0.1, 0.15) is 25.1 Å². The summed E-state index contributed by atoms with van der Waals surface area (Å²) in [6.45, 7) is 2.68. The van der Waals surface area contributed by atoms with E-state index in [9.17, 15) is 21.6 Å². The Morgan fingerprint density at radius 1 is 1.33 bits per heavy atom. The summed E-state index contributed by atoms with van der Waals surface area (Å²) in [6, 6.07) is 3.40. The molecule has 0 aliphatic rings. The lowest BCUT2D eigenvalue weighted by Gasteiger charge is -2.23. The number of nitriles is 1. The maximum atomic E-state index is 12.6. The summed E-state index contributed by atoms with van der Waals surface area (Å²) < 4.78 is 59.7. The SMILES string of the molecule is CC(C)(CNc1nc(C(F)(F)F)ccc1C#N)S(C)(=O)=O. The number of nitrogens with one attached hydrogen (secondary N) is 1. The lowest BCUT2D eigenvalue weighted by atomic mass is 10.2. The van der Waals surface area contributed by atoms with Crippen molar-refractivity contribution >= 4 is 15.7 Å². The fourth-order valence-corrected chi connectivity index (χ4v) is 1.60. The number of halogens is 3. The van der Waals surface area contributed by atoms with Crippen molar-refractivity contribution in [3.05, 3.63) is 23.4 Å². The molecule has 0 unspecified atom stereocenters. The van der Waals surface area contributed by atoms with E-state index in [-0.39, 0.29) is 17.9 Å². The minimum absolute atomic E-state index is 0.0905. The second-order valence-electron chi connectivity index (χ2n) is 5.09. The molecule has 0 bridgehead atoms. The van der Waals surface area contributed by atoms with E-state index < -0.39 is 26.5 Å². The lowest BCUT2D eigenvalue weighted by molar-refractivity contribution is -0.141. The van der Waals surface area contributed by atoms with E-state index in [1.165, 1.54) is 13.8 Å². The van der Waals surface area contributed by atoms with Gasteiger partial charge in [0.2, 0.25) is 0 Å². The van der Waals surface area contributed by atoms with Gasteiger partial charge in [-0.2, -0.15) is 18.4 Å². The van der Waals surface area contributed by atoms with Crippen LogP contribution in [0.25, 0.3) is 0 Å². The Balaban J connectivity index is 3.11. The number of alkyl halides is 3. The van der Waals surface area contributed by atoms with Crippen molar-refractivity contribution in [2.45, 2.75) is 24.8 Å². The van der Waals surface area contributed by atoms with Crippen molar-refractivity contribution in [1.82, 2.24) is 4.98 Å². The third kappa shape index (κ3) is 4.07. The third-order valence-corrected chi connectivity index (χ3v) is 5.14. The highest BCUT2D eigenvalue weighted by Crippen LogP contribution is 2.29. The molecule has 0 saturated carbocycles. The minimum Gasteiger partial charge on any atom is -0.367 e. The van der Waals surface area contributed by atoms with Gasteiger partial charge in [-0.15, -0.1) is 0 Å². The molecule has 5 nitrogen and oxygen atoms in total. The molecular weight excluding hydrogens is 307 g/mol. The maximum absolute atomic E-state index is 12.6. The van der Waals surface area contributed by atoms with Crippen molar-refractivity contribution in [2.24, 2.45) is 0 Å². The van der Waals surface area contributed by atoms with Gasteiger partial charge in [0.05, 0.1) is 10.3 Å². The summed E-state index contributed by atoms with van der Waals surface area (Å²) in [7, 11) is -3.43. The van der Waals surface area contributed by atoms with Crippen molar-refractivity contribution in [3.8, 4) is 6.07 Å². The molecule has 0 aliphatic carbocycles. The smallest absolute Gasteiger partial charge is 0.367 e. The Hall–Kier alpha value is -1.82. The van der Waals surface area contributed by atoms with Gasteiger partial charge >= 0.3 is 6.18 Å². The molecule has 1 aromatic heterocycles. The zero-order valence-electron chi connectivity index (χ0n) is 11.6. The first-order chi connectivity index (χ1) is 9.38. The Kier molecular flexibility index (Phi) is 4.53. The number of sulfone groups is 1. The van der Waals surface area contributed by atoms with Gasteiger partial charge in [0, 0.05) is 12.8 Å². The topological polar surface area (TPSA) is 82.8 Å². The minimum atomic E-state index is -4.64. The Labute approximate surface area is 120 Å². The average molecular weight is 321 g/mol. The third-order valence-electron chi connectivity index (χ3n) is 2.99. The molecule has 0 aliphatic heterocycles. The molecule has 116 valence electrons. The molecule has 0 spiro atoms. The molecule has 0 fully saturated rings. The summed E-state index contributed by atoms with van der Waals surface area (Å²) in [6.07, 6.45) is -3.61. The van der Waals surface area contributed by atoms with Crippen molar-refractivity contribution < 1.29 is 21.6 Å². The van der Waals surface area contributed by atoms with E-state index >= 15 is 0 Å². The molecular formula is C12H14F3N3O2S. The first kappa shape index (κ1) is 17.2. The molecule has 1 heterocycles. The van der Waals surface area contributed by atoms with Crippen LogP contribution in [0.2, 0.25) is 0 Å². The van der Waals surface area contributed by atoms with Crippen molar-refractivity contribution in [1.29, 1.82) is 5.26 Å². The number of hydrogen-bond acceptors (Lipinski definition) is 5. The van der Waals surface area contributed by atoms with Gasteiger partial charge in [0.1, 0.15) is 17.6 Å². The van der Waals surface area contributed by atoms with E-state index in [4.69, 9.17) is 5.26 Å². The molecule has 0 radical (unpaired) electrons. The van der Waals surface area contributed by atoms with Crippen LogP contribution < -0.4 is 5.32 Å². The summed E-state index contributed by atoms with van der Waals surface area (Å²) >= 11 is 0. The number of anilines is 1. The van der Waals surface area contributed by atoms with Gasteiger partial charge in [0.15, 0.2) is 9.84 Å².